The van der Waals surface area contributed by atoms with E-state index >= 15 is 0 Å². The van der Waals surface area contributed by atoms with Crippen molar-refractivity contribution in [1.29, 1.82) is 0 Å². The summed E-state index contributed by atoms with van der Waals surface area (Å²) in [7, 11) is 0. The highest BCUT2D eigenvalue weighted by Gasteiger charge is 2.49. The van der Waals surface area contributed by atoms with Crippen molar-refractivity contribution in [2.45, 2.75) is 58.0 Å². The van der Waals surface area contributed by atoms with E-state index in [9.17, 15) is 19.2 Å². The molecule has 3 amide bonds. The zero-order valence-electron chi connectivity index (χ0n) is 22.7. The fraction of sp³-hybridized carbons (Fsp3) is 0.464. The Bertz CT molecular complexity index is 1540. The van der Waals surface area contributed by atoms with Crippen LogP contribution in [-0.4, -0.2) is 63.9 Å². The third kappa shape index (κ3) is 5.25. The molecule has 3 aromatic rings. The number of hydrogen-bond acceptors (Lipinski definition) is 6. The van der Waals surface area contributed by atoms with Crippen molar-refractivity contribution in [3.05, 3.63) is 55.9 Å². The van der Waals surface area contributed by atoms with Gasteiger partial charge in [0.2, 0.25) is 5.91 Å². The van der Waals surface area contributed by atoms with E-state index in [-0.39, 0.29) is 23.9 Å². The first-order valence-electron chi connectivity index (χ1n) is 13.6. The molecule has 2 aliphatic heterocycles. The number of fused-ring (bicyclic) bond motifs is 1. The SMILES string of the molecule is Cc1ccc(NC(=O)Cn2cnc3sc(C(=O)N4CCC(C(N)=O)([NH+]5CCCCC5)CC4)c(C)c3c2=O)cc1Cl. The summed E-state index contributed by atoms with van der Waals surface area (Å²) in [4.78, 5) is 60.4. The molecule has 0 bridgehead atoms. The number of amides is 3. The topological polar surface area (TPSA) is 132 Å². The number of nitrogens with one attached hydrogen (secondary N) is 2. The van der Waals surface area contributed by atoms with E-state index in [1.165, 1.54) is 33.6 Å². The number of primary amides is 1. The Morgan fingerprint density at radius 2 is 1.85 bits per heavy atom. The lowest BCUT2D eigenvalue weighted by Gasteiger charge is -2.45. The number of halogens is 1. The Balaban J connectivity index is 1.32. The smallest absolute Gasteiger partial charge is 0.278 e. The molecule has 0 unspecified atom stereocenters. The summed E-state index contributed by atoms with van der Waals surface area (Å²) in [5, 5.41) is 3.62. The van der Waals surface area contributed by atoms with Crippen LogP contribution in [0.3, 0.4) is 0 Å². The maximum absolute atomic E-state index is 13.6. The predicted molar refractivity (Wildman–Crippen MR) is 155 cm³/mol. The average Bonchev–Trinajstić information content (AvgIpc) is 3.29. The van der Waals surface area contributed by atoms with Crippen molar-refractivity contribution in [3.8, 4) is 0 Å². The van der Waals surface area contributed by atoms with Crippen LogP contribution in [0.5, 0.6) is 0 Å². The fourth-order valence-corrected chi connectivity index (χ4v) is 7.26. The molecule has 10 nitrogen and oxygen atoms in total. The number of nitrogens with two attached hydrogens (primary N) is 1. The minimum atomic E-state index is -0.633. The van der Waals surface area contributed by atoms with Crippen LogP contribution >= 0.6 is 22.9 Å². The van der Waals surface area contributed by atoms with Crippen molar-refractivity contribution in [2.75, 3.05) is 31.5 Å². The van der Waals surface area contributed by atoms with Crippen LogP contribution in [0.15, 0.2) is 29.3 Å². The minimum Gasteiger partial charge on any atom is -0.364 e. The first-order chi connectivity index (χ1) is 19.1. The second-order valence-electron chi connectivity index (χ2n) is 10.8. The number of carbonyl (C=O) groups is 3. The van der Waals surface area contributed by atoms with Gasteiger partial charge in [0.25, 0.3) is 17.4 Å². The van der Waals surface area contributed by atoms with Gasteiger partial charge < -0.3 is 20.9 Å². The van der Waals surface area contributed by atoms with E-state index in [0.29, 0.717) is 57.3 Å². The molecule has 0 spiro atoms. The number of quaternary nitrogens is 1. The molecule has 2 aliphatic rings. The van der Waals surface area contributed by atoms with E-state index in [4.69, 9.17) is 17.3 Å². The van der Waals surface area contributed by atoms with Crippen molar-refractivity contribution >= 4 is 56.6 Å². The first kappa shape index (κ1) is 28.3. The number of piperidine rings is 2. The molecule has 5 rings (SSSR count). The van der Waals surface area contributed by atoms with E-state index in [0.717, 1.165) is 31.5 Å². The molecule has 1 aromatic carbocycles. The number of aromatic nitrogens is 2. The Labute approximate surface area is 241 Å². The highest BCUT2D eigenvalue weighted by molar-refractivity contribution is 7.20. The Hall–Kier alpha value is -3.28. The maximum Gasteiger partial charge on any atom is 0.278 e. The minimum absolute atomic E-state index is 0.174. The standard InChI is InChI=1S/C28H33ClN6O4S/c1-17-6-7-19(14-20(17)29)32-21(36)15-34-16-31-24-22(25(34)37)18(2)23(40-24)26(38)33-12-8-28(9-13-33,27(30)39)35-10-4-3-5-11-35/h6-7,14,16H,3-5,8-13,15H2,1-2H3,(H2,30,39)(H,32,36)/p+1. The average molecular weight is 586 g/mol. The molecule has 40 heavy (non-hydrogen) atoms. The van der Waals surface area contributed by atoms with E-state index < -0.39 is 11.4 Å². The molecule has 0 radical (unpaired) electrons. The van der Waals surface area contributed by atoms with Crippen LogP contribution in [0.2, 0.25) is 5.02 Å². The summed E-state index contributed by atoms with van der Waals surface area (Å²) in [5.74, 6) is -0.851. The van der Waals surface area contributed by atoms with Gasteiger partial charge in [-0.25, -0.2) is 4.98 Å². The van der Waals surface area contributed by atoms with Crippen molar-refractivity contribution in [1.82, 2.24) is 14.5 Å². The predicted octanol–water partition coefficient (Wildman–Crippen LogP) is 1.90. The van der Waals surface area contributed by atoms with Gasteiger partial charge in [-0.1, -0.05) is 17.7 Å². The fourth-order valence-electron chi connectivity index (χ4n) is 5.97. The van der Waals surface area contributed by atoms with Gasteiger partial charge in [0, 0.05) is 36.6 Å². The highest BCUT2D eigenvalue weighted by Crippen LogP contribution is 2.30. The second-order valence-corrected chi connectivity index (χ2v) is 12.2. The number of hydrogen-bond donors (Lipinski definition) is 3. The Morgan fingerprint density at radius 1 is 1.15 bits per heavy atom. The second kappa shape index (κ2) is 11.3. The van der Waals surface area contributed by atoms with E-state index in [1.807, 2.05) is 6.92 Å². The molecule has 0 saturated carbocycles. The summed E-state index contributed by atoms with van der Waals surface area (Å²) < 4.78 is 1.24. The monoisotopic (exact) mass is 585 g/mol. The molecule has 12 heteroatoms. The maximum atomic E-state index is 13.6. The number of benzene rings is 1. The molecule has 4 N–H and O–H groups in total. The van der Waals surface area contributed by atoms with E-state index in [2.05, 4.69) is 10.3 Å². The van der Waals surface area contributed by atoms with Crippen molar-refractivity contribution < 1.29 is 19.3 Å². The Kier molecular flexibility index (Phi) is 7.98. The van der Waals surface area contributed by atoms with Crippen LogP contribution < -0.4 is 21.5 Å². The molecule has 4 heterocycles. The van der Waals surface area contributed by atoms with Crippen LogP contribution in [0.25, 0.3) is 10.2 Å². The number of rotatable bonds is 6. The van der Waals surface area contributed by atoms with Gasteiger partial charge in [0.15, 0.2) is 5.54 Å². The highest BCUT2D eigenvalue weighted by atomic mass is 35.5. The zero-order valence-corrected chi connectivity index (χ0v) is 24.3. The van der Waals surface area contributed by atoms with Gasteiger partial charge >= 0.3 is 0 Å². The molecule has 212 valence electrons. The molecule has 2 aromatic heterocycles. The first-order valence-corrected chi connectivity index (χ1v) is 14.8. The molecular formula is C28H34ClN6O4S+. The number of likely N-dealkylation sites (tertiary alicyclic amines) is 2. The Morgan fingerprint density at radius 3 is 2.50 bits per heavy atom. The summed E-state index contributed by atoms with van der Waals surface area (Å²) in [5.41, 5.74) is 6.89. The summed E-state index contributed by atoms with van der Waals surface area (Å²) in [6, 6.07) is 5.20. The van der Waals surface area contributed by atoms with Crippen LogP contribution in [0.1, 0.15) is 52.9 Å². The largest absolute Gasteiger partial charge is 0.364 e. The van der Waals surface area contributed by atoms with Gasteiger partial charge in [-0.3, -0.25) is 23.7 Å². The summed E-state index contributed by atoms with van der Waals surface area (Å²) in [6.45, 7) is 6.10. The van der Waals surface area contributed by atoms with Crippen LogP contribution in [0.4, 0.5) is 5.69 Å². The number of thiophene rings is 1. The van der Waals surface area contributed by atoms with E-state index in [1.54, 1.807) is 30.0 Å². The molecule has 2 saturated heterocycles. The summed E-state index contributed by atoms with van der Waals surface area (Å²) >= 11 is 7.32. The lowest BCUT2D eigenvalue weighted by Crippen LogP contribution is -3.22. The lowest BCUT2D eigenvalue weighted by atomic mass is 9.83. The lowest BCUT2D eigenvalue weighted by molar-refractivity contribution is -0.948. The molecular weight excluding hydrogens is 552 g/mol. The van der Waals surface area contributed by atoms with Gasteiger partial charge in [0.05, 0.1) is 29.7 Å². The van der Waals surface area contributed by atoms with Crippen LogP contribution in [0, 0.1) is 13.8 Å². The number of carbonyl (C=O) groups excluding carboxylic acids is 3. The quantitative estimate of drug-likeness (QED) is 0.406. The van der Waals surface area contributed by atoms with Gasteiger partial charge in [-0.05, 0) is 56.4 Å². The molecule has 0 atom stereocenters. The number of anilines is 1. The van der Waals surface area contributed by atoms with Gasteiger partial charge in [0.1, 0.15) is 11.4 Å². The normalized spacial score (nSPS) is 17.6. The number of aryl methyl sites for hydroxylation is 2. The zero-order chi connectivity index (χ0) is 28.6. The third-order valence-corrected chi connectivity index (χ3v) is 9.99. The summed E-state index contributed by atoms with van der Waals surface area (Å²) in [6.07, 6.45) is 5.73. The third-order valence-electron chi connectivity index (χ3n) is 8.39. The molecule has 2 fully saturated rings. The number of nitrogens with zero attached hydrogens (tertiary/aromatic N) is 3. The van der Waals surface area contributed by atoms with Gasteiger partial charge in [-0.2, -0.15) is 0 Å². The van der Waals surface area contributed by atoms with Crippen LogP contribution in [-0.2, 0) is 16.1 Å². The van der Waals surface area contributed by atoms with Gasteiger partial charge in [-0.15, -0.1) is 11.3 Å². The molecule has 0 aliphatic carbocycles. The van der Waals surface area contributed by atoms with Crippen molar-refractivity contribution in [2.24, 2.45) is 5.73 Å². The van der Waals surface area contributed by atoms with Crippen molar-refractivity contribution in [3.63, 3.8) is 0 Å².